The highest BCUT2D eigenvalue weighted by Crippen LogP contribution is 2.43. The number of hydrogen-bond acceptors (Lipinski definition) is 4. The van der Waals surface area contributed by atoms with Gasteiger partial charge in [-0.05, 0) is 55.8 Å². The summed E-state index contributed by atoms with van der Waals surface area (Å²) >= 11 is 0. The Balaban J connectivity index is 1.56. The third-order valence-corrected chi connectivity index (χ3v) is 5.13. The fraction of sp³-hybridized carbons (Fsp3) is 0.381. The van der Waals surface area contributed by atoms with Gasteiger partial charge >= 0.3 is 0 Å². The first-order valence-electron chi connectivity index (χ1n) is 8.99. The van der Waals surface area contributed by atoms with Crippen molar-refractivity contribution in [2.75, 3.05) is 33.4 Å². The van der Waals surface area contributed by atoms with Gasteiger partial charge in [-0.25, -0.2) is 0 Å². The molecule has 25 heavy (non-hydrogen) atoms. The number of benzene rings is 2. The molecule has 0 atom stereocenters. The van der Waals surface area contributed by atoms with Crippen LogP contribution in [0.5, 0.6) is 11.5 Å². The van der Waals surface area contributed by atoms with Crippen molar-refractivity contribution in [2.45, 2.75) is 19.3 Å². The summed E-state index contributed by atoms with van der Waals surface area (Å²) in [7, 11) is 1.61. The molecule has 1 heterocycles. The number of piperidine rings is 1. The van der Waals surface area contributed by atoms with Crippen LogP contribution >= 0.6 is 0 Å². The first kappa shape index (κ1) is 16.2. The minimum Gasteiger partial charge on any atom is -0.497 e. The lowest BCUT2D eigenvalue weighted by Gasteiger charge is -2.26. The molecule has 1 aliphatic carbocycles. The Morgan fingerprint density at radius 2 is 1.84 bits per heavy atom. The van der Waals surface area contributed by atoms with E-state index in [-0.39, 0.29) is 5.78 Å². The Hall–Kier alpha value is -2.33. The van der Waals surface area contributed by atoms with Crippen molar-refractivity contribution in [3.8, 4) is 22.6 Å². The highest BCUT2D eigenvalue weighted by atomic mass is 16.5. The van der Waals surface area contributed by atoms with Crippen molar-refractivity contribution in [1.29, 1.82) is 0 Å². The van der Waals surface area contributed by atoms with Gasteiger partial charge in [0.15, 0.2) is 5.78 Å². The average Bonchev–Trinajstić information content (AvgIpc) is 2.95. The van der Waals surface area contributed by atoms with Gasteiger partial charge in [-0.1, -0.05) is 18.6 Å². The summed E-state index contributed by atoms with van der Waals surface area (Å²) in [5, 5.41) is 0. The Kier molecular flexibility index (Phi) is 4.45. The fourth-order valence-corrected chi connectivity index (χ4v) is 3.79. The molecule has 0 spiro atoms. The number of ketones is 1. The van der Waals surface area contributed by atoms with Crippen molar-refractivity contribution >= 4 is 5.78 Å². The van der Waals surface area contributed by atoms with Gasteiger partial charge < -0.3 is 9.47 Å². The normalized spacial score (nSPS) is 16.4. The fourth-order valence-electron chi connectivity index (χ4n) is 3.79. The highest BCUT2D eigenvalue weighted by molar-refractivity contribution is 6.22. The van der Waals surface area contributed by atoms with Crippen LogP contribution in [-0.2, 0) is 0 Å². The smallest absolute Gasteiger partial charge is 0.194 e. The van der Waals surface area contributed by atoms with E-state index in [0.717, 1.165) is 42.1 Å². The number of hydrogen-bond donors (Lipinski definition) is 0. The van der Waals surface area contributed by atoms with E-state index >= 15 is 0 Å². The second-order valence-electron chi connectivity index (χ2n) is 6.67. The molecular formula is C21H23NO3. The zero-order chi connectivity index (χ0) is 17.2. The minimum atomic E-state index is 0.0466. The summed E-state index contributed by atoms with van der Waals surface area (Å²) in [4.78, 5) is 15.2. The number of likely N-dealkylation sites (tertiary alicyclic amines) is 1. The van der Waals surface area contributed by atoms with Gasteiger partial charge in [0.25, 0.3) is 0 Å². The highest BCUT2D eigenvalue weighted by Gasteiger charge is 2.29. The third-order valence-electron chi connectivity index (χ3n) is 5.13. The van der Waals surface area contributed by atoms with Gasteiger partial charge in [-0.3, -0.25) is 9.69 Å². The molecule has 0 N–H and O–H groups in total. The maximum Gasteiger partial charge on any atom is 0.194 e. The number of carbonyl (C=O) groups is 1. The molecule has 4 rings (SSSR count). The quantitative estimate of drug-likeness (QED) is 0.710. The Bertz CT molecular complexity index is 794. The molecule has 0 saturated carbocycles. The van der Waals surface area contributed by atoms with Crippen molar-refractivity contribution in [3.05, 3.63) is 47.5 Å². The molecule has 130 valence electrons. The summed E-state index contributed by atoms with van der Waals surface area (Å²) < 4.78 is 11.3. The number of fused-ring (bicyclic) bond motifs is 3. The molecule has 0 bridgehead atoms. The van der Waals surface area contributed by atoms with E-state index < -0.39 is 0 Å². The Labute approximate surface area is 148 Å². The van der Waals surface area contributed by atoms with E-state index in [4.69, 9.17) is 9.47 Å². The predicted octanol–water partition coefficient (Wildman–Crippen LogP) is 3.77. The molecule has 2 aromatic rings. The van der Waals surface area contributed by atoms with Gasteiger partial charge in [0.1, 0.15) is 18.1 Å². The maximum atomic E-state index is 12.7. The minimum absolute atomic E-state index is 0.0466. The standard InChI is InChI=1S/C21H23NO3/c1-24-15-8-9-16-18(14-15)21(23)17-6-5-7-19(20(16)17)25-13-12-22-10-3-2-4-11-22/h5-9,14H,2-4,10-13H2,1H3. The largest absolute Gasteiger partial charge is 0.497 e. The van der Waals surface area contributed by atoms with Gasteiger partial charge in [0.2, 0.25) is 0 Å². The summed E-state index contributed by atoms with van der Waals surface area (Å²) in [5.74, 6) is 1.55. The first-order chi connectivity index (χ1) is 12.3. The second-order valence-corrected chi connectivity index (χ2v) is 6.67. The zero-order valence-corrected chi connectivity index (χ0v) is 14.6. The molecule has 0 aromatic heterocycles. The van der Waals surface area contributed by atoms with E-state index in [0.29, 0.717) is 17.9 Å². The lowest BCUT2D eigenvalue weighted by Crippen LogP contribution is -2.33. The van der Waals surface area contributed by atoms with Crippen LogP contribution in [0.4, 0.5) is 0 Å². The summed E-state index contributed by atoms with van der Waals surface area (Å²) in [6, 6.07) is 11.4. The number of rotatable bonds is 5. The third kappa shape index (κ3) is 3.02. The second kappa shape index (κ2) is 6.89. The van der Waals surface area contributed by atoms with Crippen molar-refractivity contribution in [1.82, 2.24) is 4.90 Å². The van der Waals surface area contributed by atoms with Crippen LogP contribution in [0.1, 0.15) is 35.2 Å². The van der Waals surface area contributed by atoms with Crippen LogP contribution < -0.4 is 9.47 Å². The van der Waals surface area contributed by atoms with Crippen molar-refractivity contribution in [2.24, 2.45) is 0 Å². The van der Waals surface area contributed by atoms with Crippen LogP contribution in [0, 0.1) is 0 Å². The number of methoxy groups -OCH3 is 1. The lowest BCUT2D eigenvalue weighted by atomic mass is 10.0. The molecule has 2 aliphatic rings. The molecule has 1 fully saturated rings. The molecule has 2 aromatic carbocycles. The van der Waals surface area contributed by atoms with E-state index in [2.05, 4.69) is 4.90 Å². The molecule has 1 aliphatic heterocycles. The molecular weight excluding hydrogens is 314 g/mol. The van der Waals surface area contributed by atoms with Gasteiger partial charge in [0, 0.05) is 23.2 Å². The van der Waals surface area contributed by atoms with Crippen LogP contribution in [0.25, 0.3) is 11.1 Å². The maximum absolute atomic E-state index is 12.7. The molecule has 0 radical (unpaired) electrons. The summed E-state index contributed by atoms with van der Waals surface area (Å²) in [6.45, 7) is 3.91. The number of ether oxygens (including phenoxy) is 2. The molecule has 4 nitrogen and oxygen atoms in total. The van der Waals surface area contributed by atoms with Gasteiger partial charge in [0.05, 0.1) is 7.11 Å². The van der Waals surface area contributed by atoms with Crippen LogP contribution in [0.3, 0.4) is 0 Å². The van der Waals surface area contributed by atoms with Gasteiger partial charge in [-0.2, -0.15) is 0 Å². The van der Waals surface area contributed by atoms with Crippen molar-refractivity contribution < 1.29 is 14.3 Å². The average molecular weight is 337 g/mol. The Morgan fingerprint density at radius 3 is 2.64 bits per heavy atom. The predicted molar refractivity (Wildman–Crippen MR) is 97.6 cm³/mol. The molecule has 1 saturated heterocycles. The van der Waals surface area contributed by atoms with Crippen molar-refractivity contribution in [3.63, 3.8) is 0 Å². The number of nitrogens with zero attached hydrogens (tertiary/aromatic N) is 1. The SMILES string of the molecule is COc1ccc2c(c1)C(=O)c1cccc(OCCN3CCCCC3)c1-2. The van der Waals surface area contributed by atoms with Crippen LogP contribution in [-0.4, -0.2) is 44.0 Å². The van der Waals surface area contributed by atoms with E-state index in [1.165, 1.54) is 19.3 Å². The molecule has 0 amide bonds. The molecule has 4 heteroatoms. The van der Waals surface area contributed by atoms with Crippen LogP contribution in [0.15, 0.2) is 36.4 Å². The Morgan fingerprint density at radius 1 is 1.00 bits per heavy atom. The van der Waals surface area contributed by atoms with Crippen LogP contribution in [0.2, 0.25) is 0 Å². The van der Waals surface area contributed by atoms with E-state index in [9.17, 15) is 4.79 Å². The zero-order valence-electron chi connectivity index (χ0n) is 14.6. The molecule has 0 unspecified atom stereocenters. The number of carbonyl (C=O) groups excluding carboxylic acids is 1. The van der Waals surface area contributed by atoms with Gasteiger partial charge in [-0.15, -0.1) is 0 Å². The topological polar surface area (TPSA) is 38.8 Å². The van der Waals surface area contributed by atoms with E-state index in [1.807, 2.05) is 36.4 Å². The van der Waals surface area contributed by atoms with E-state index in [1.54, 1.807) is 7.11 Å². The summed E-state index contributed by atoms with van der Waals surface area (Å²) in [6.07, 6.45) is 3.90. The monoisotopic (exact) mass is 337 g/mol. The lowest BCUT2D eigenvalue weighted by molar-refractivity contribution is 0.104. The summed E-state index contributed by atoms with van der Waals surface area (Å²) in [5.41, 5.74) is 3.28. The first-order valence-corrected chi connectivity index (χ1v) is 8.99.